The Hall–Kier alpha value is -2.08. The van der Waals surface area contributed by atoms with Crippen molar-refractivity contribution in [3.8, 4) is 0 Å². The number of rotatable bonds is 6. The van der Waals surface area contributed by atoms with Gasteiger partial charge in [0, 0.05) is 11.6 Å². The Morgan fingerprint density at radius 1 is 1.45 bits per heavy atom. The number of nitrogens with one attached hydrogen (secondary N) is 1. The van der Waals surface area contributed by atoms with E-state index in [2.05, 4.69) is 6.92 Å². The lowest BCUT2D eigenvalue weighted by atomic mass is 10.0. The van der Waals surface area contributed by atoms with E-state index < -0.39 is 17.9 Å². The number of carbonyl (C=O) groups is 2. The van der Waals surface area contributed by atoms with Gasteiger partial charge in [0.1, 0.15) is 6.10 Å². The van der Waals surface area contributed by atoms with E-state index >= 15 is 0 Å². The number of hydrogen-bond donors (Lipinski definition) is 2. The summed E-state index contributed by atoms with van der Waals surface area (Å²) in [5.74, 6) is -0.895. The lowest BCUT2D eigenvalue weighted by molar-refractivity contribution is -0.133. The van der Waals surface area contributed by atoms with Crippen LogP contribution in [0.25, 0.3) is 0 Å². The van der Waals surface area contributed by atoms with E-state index in [4.69, 9.17) is 9.94 Å². The van der Waals surface area contributed by atoms with Crippen molar-refractivity contribution in [2.75, 3.05) is 11.4 Å². The number of anilines is 1. The molecule has 0 spiro atoms. The fourth-order valence-electron chi connectivity index (χ4n) is 2.60. The first-order valence-corrected chi connectivity index (χ1v) is 7.56. The standard InChI is InChI=1S/C16H22N2O4/c1-3-4-12-5-7-13(8-6-12)18-10-14(22-16(18)20)9-11(2)15(19)17-21/h5-8,11,14,21H,3-4,9-10H2,1-2H3,(H,17,19). The number of benzene rings is 1. The molecule has 2 N–H and O–H groups in total. The zero-order valence-electron chi connectivity index (χ0n) is 12.9. The van der Waals surface area contributed by atoms with Crippen molar-refractivity contribution in [2.24, 2.45) is 5.92 Å². The third kappa shape index (κ3) is 3.76. The second-order valence-corrected chi connectivity index (χ2v) is 5.65. The average Bonchev–Trinajstić information content (AvgIpc) is 2.88. The second-order valence-electron chi connectivity index (χ2n) is 5.65. The van der Waals surface area contributed by atoms with Crippen molar-refractivity contribution < 1.29 is 19.5 Å². The van der Waals surface area contributed by atoms with Gasteiger partial charge in [-0.2, -0.15) is 0 Å². The molecule has 120 valence electrons. The normalized spacial score (nSPS) is 19.0. The minimum Gasteiger partial charge on any atom is -0.444 e. The smallest absolute Gasteiger partial charge is 0.414 e. The number of cyclic esters (lactones) is 1. The second kappa shape index (κ2) is 7.26. The number of carbonyl (C=O) groups excluding carboxylic acids is 2. The van der Waals surface area contributed by atoms with Gasteiger partial charge in [0.05, 0.1) is 6.54 Å². The maximum absolute atomic E-state index is 12.0. The largest absolute Gasteiger partial charge is 0.444 e. The van der Waals surface area contributed by atoms with Crippen molar-refractivity contribution in [1.29, 1.82) is 0 Å². The number of ether oxygens (including phenoxy) is 1. The molecule has 1 heterocycles. The SMILES string of the molecule is CCCc1ccc(N2CC(CC(C)C(=O)NO)OC2=O)cc1. The average molecular weight is 306 g/mol. The van der Waals surface area contributed by atoms with Crippen LogP contribution in [0.4, 0.5) is 10.5 Å². The molecule has 2 unspecified atom stereocenters. The fraction of sp³-hybridized carbons (Fsp3) is 0.500. The van der Waals surface area contributed by atoms with Gasteiger partial charge in [-0.15, -0.1) is 0 Å². The molecule has 6 nitrogen and oxygen atoms in total. The topological polar surface area (TPSA) is 78.9 Å². The van der Waals surface area contributed by atoms with Crippen molar-refractivity contribution >= 4 is 17.7 Å². The van der Waals surface area contributed by atoms with E-state index in [1.807, 2.05) is 24.3 Å². The monoisotopic (exact) mass is 306 g/mol. The van der Waals surface area contributed by atoms with Gasteiger partial charge in [0.2, 0.25) is 5.91 Å². The lowest BCUT2D eigenvalue weighted by Gasteiger charge is -2.14. The molecule has 1 aromatic carbocycles. The van der Waals surface area contributed by atoms with Gasteiger partial charge in [-0.3, -0.25) is 14.9 Å². The number of amides is 2. The summed E-state index contributed by atoms with van der Waals surface area (Å²) in [7, 11) is 0. The van der Waals surface area contributed by atoms with Crippen molar-refractivity contribution in [1.82, 2.24) is 5.48 Å². The van der Waals surface area contributed by atoms with Gasteiger partial charge in [0.25, 0.3) is 0 Å². The molecule has 0 aromatic heterocycles. The van der Waals surface area contributed by atoms with E-state index in [1.54, 1.807) is 17.3 Å². The zero-order chi connectivity index (χ0) is 16.1. The molecule has 22 heavy (non-hydrogen) atoms. The van der Waals surface area contributed by atoms with Gasteiger partial charge in [-0.1, -0.05) is 32.4 Å². The Kier molecular flexibility index (Phi) is 5.38. The summed E-state index contributed by atoms with van der Waals surface area (Å²) in [6.07, 6.45) is 1.72. The van der Waals surface area contributed by atoms with E-state index in [9.17, 15) is 9.59 Å². The minimum atomic E-state index is -0.474. The number of hydrogen-bond acceptors (Lipinski definition) is 4. The Morgan fingerprint density at radius 3 is 2.73 bits per heavy atom. The van der Waals surface area contributed by atoms with E-state index in [0.717, 1.165) is 18.5 Å². The fourth-order valence-corrected chi connectivity index (χ4v) is 2.60. The first-order valence-electron chi connectivity index (χ1n) is 7.56. The molecule has 0 radical (unpaired) electrons. The van der Waals surface area contributed by atoms with E-state index in [-0.39, 0.29) is 6.10 Å². The van der Waals surface area contributed by atoms with Gasteiger partial charge in [-0.25, -0.2) is 10.3 Å². The molecule has 0 aliphatic carbocycles. The summed E-state index contributed by atoms with van der Waals surface area (Å²) in [6, 6.07) is 7.86. The minimum absolute atomic E-state index is 0.352. The number of nitrogens with zero attached hydrogens (tertiary/aromatic N) is 1. The summed E-state index contributed by atoms with van der Waals surface area (Å²) in [5, 5.41) is 8.61. The van der Waals surface area contributed by atoms with Crippen molar-refractivity contribution in [3.05, 3.63) is 29.8 Å². The van der Waals surface area contributed by atoms with Gasteiger partial charge >= 0.3 is 6.09 Å². The predicted molar refractivity (Wildman–Crippen MR) is 81.8 cm³/mol. The molecule has 0 bridgehead atoms. The number of aryl methyl sites for hydroxylation is 1. The zero-order valence-corrected chi connectivity index (χ0v) is 12.9. The molecule has 0 saturated carbocycles. The van der Waals surface area contributed by atoms with Crippen LogP contribution in [0.15, 0.2) is 24.3 Å². The van der Waals surface area contributed by atoms with Crippen LogP contribution in [0.5, 0.6) is 0 Å². The van der Waals surface area contributed by atoms with E-state index in [1.165, 1.54) is 5.56 Å². The number of hydroxylamine groups is 1. The van der Waals surface area contributed by atoms with Gasteiger partial charge < -0.3 is 4.74 Å². The Morgan fingerprint density at radius 2 is 2.14 bits per heavy atom. The molecule has 2 amide bonds. The summed E-state index contributed by atoms with van der Waals surface area (Å²) < 4.78 is 5.30. The summed E-state index contributed by atoms with van der Waals surface area (Å²) in [4.78, 5) is 24.9. The van der Waals surface area contributed by atoms with Gasteiger partial charge in [0.15, 0.2) is 0 Å². The van der Waals surface area contributed by atoms with Crippen LogP contribution in [0.3, 0.4) is 0 Å². The first-order chi connectivity index (χ1) is 10.5. The summed E-state index contributed by atoms with van der Waals surface area (Å²) in [6.45, 7) is 4.22. The highest BCUT2D eigenvalue weighted by atomic mass is 16.6. The molecule has 2 atom stereocenters. The van der Waals surface area contributed by atoms with Crippen LogP contribution in [0.1, 0.15) is 32.3 Å². The maximum atomic E-state index is 12.0. The maximum Gasteiger partial charge on any atom is 0.414 e. The third-order valence-electron chi connectivity index (χ3n) is 3.83. The van der Waals surface area contributed by atoms with Crippen LogP contribution < -0.4 is 10.4 Å². The van der Waals surface area contributed by atoms with Crippen LogP contribution in [-0.2, 0) is 16.0 Å². The third-order valence-corrected chi connectivity index (χ3v) is 3.83. The predicted octanol–water partition coefficient (Wildman–Crippen LogP) is 2.50. The van der Waals surface area contributed by atoms with Crippen molar-refractivity contribution in [2.45, 2.75) is 39.2 Å². The van der Waals surface area contributed by atoms with Crippen LogP contribution in [0.2, 0.25) is 0 Å². The van der Waals surface area contributed by atoms with Gasteiger partial charge in [-0.05, 0) is 30.5 Å². The first kappa shape index (κ1) is 16.3. The van der Waals surface area contributed by atoms with Crippen LogP contribution in [-0.4, -0.2) is 29.9 Å². The van der Waals surface area contributed by atoms with Crippen molar-refractivity contribution in [3.63, 3.8) is 0 Å². The lowest BCUT2D eigenvalue weighted by Crippen LogP contribution is -2.30. The summed E-state index contributed by atoms with van der Waals surface area (Å²) >= 11 is 0. The quantitative estimate of drug-likeness (QED) is 0.625. The highest BCUT2D eigenvalue weighted by Gasteiger charge is 2.34. The van der Waals surface area contributed by atoms with Crippen LogP contribution >= 0.6 is 0 Å². The molecule has 1 aliphatic rings. The van der Waals surface area contributed by atoms with Crippen LogP contribution in [0, 0.1) is 5.92 Å². The molecule has 1 aliphatic heterocycles. The molecule has 1 aromatic rings. The molecular weight excluding hydrogens is 284 g/mol. The molecule has 6 heteroatoms. The van der Waals surface area contributed by atoms with E-state index in [0.29, 0.717) is 13.0 Å². The summed E-state index contributed by atoms with van der Waals surface area (Å²) in [5.41, 5.74) is 3.66. The Labute approximate surface area is 130 Å². The molecule has 1 saturated heterocycles. The highest BCUT2D eigenvalue weighted by molar-refractivity contribution is 5.89. The Balaban J connectivity index is 1.98. The highest BCUT2D eigenvalue weighted by Crippen LogP contribution is 2.25. The molecule has 2 rings (SSSR count). The molecule has 1 fully saturated rings. The molecular formula is C16H22N2O4. The Bertz CT molecular complexity index is 529.